The Kier molecular flexibility index (Phi) is 6.86. The Hall–Kier alpha value is -1.59. The van der Waals surface area contributed by atoms with Crippen LogP contribution in [-0.2, 0) is 19.1 Å². The fourth-order valence-electron chi connectivity index (χ4n) is 3.52. The number of nitrogens with one attached hydrogen (secondary N) is 1. The summed E-state index contributed by atoms with van der Waals surface area (Å²) >= 11 is 0. The predicted molar refractivity (Wildman–Crippen MR) is 85.6 cm³/mol. The van der Waals surface area contributed by atoms with Gasteiger partial charge < -0.3 is 15.0 Å². The molecule has 2 fully saturated rings. The van der Waals surface area contributed by atoms with Crippen molar-refractivity contribution in [2.45, 2.75) is 63.8 Å². The molecule has 1 aliphatic heterocycles. The smallest absolute Gasteiger partial charge is 0.305 e. The van der Waals surface area contributed by atoms with Crippen LogP contribution in [0.4, 0.5) is 0 Å². The molecule has 1 saturated heterocycles. The first kappa shape index (κ1) is 17.8. The lowest BCUT2D eigenvalue weighted by molar-refractivity contribution is -0.140. The van der Waals surface area contributed by atoms with Crippen LogP contribution < -0.4 is 5.32 Å². The van der Waals surface area contributed by atoms with Crippen LogP contribution in [0.1, 0.15) is 57.8 Å². The molecule has 23 heavy (non-hydrogen) atoms. The molecule has 0 aromatic rings. The summed E-state index contributed by atoms with van der Waals surface area (Å²) in [6.07, 6.45) is 7.71. The van der Waals surface area contributed by atoms with E-state index in [9.17, 15) is 14.4 Å². The zero-order chi connectivity index (χ0) is 16.7. The van der Waals surface area contributed by atoms with Gasteiger partial charge in [0.2, 0.25) is 11.8 Å². The van der Waals surface area contributed by atoms with Gasteiger partial charge in [-0.15, -0.1) is 0 Å². The van der Waals surface area contributed by atoms with E-state index in [0.717, 1.165) is 6.54 Å². The Bertz CT molecular complexity index is 432. The first-order valence-electron chi connectivity index (χ1n) is 8.72. The highest BCUT2D eigenvalue weighted by Crippen LogP contribution is 2.26. The Morgan fingerprint density at radius 3 is 2.65 bits per heavy atom. The monoisotopic (exact) mass is 324 g/mol. The van der Waals surface area contributed by atoms with Crippen molar-refractivity contribution in [2.75, 3.05) is 20.2 Å². The van der Waals surface area contributed by atoms with Crippen molar-refractivity contribution in [3.63, 3.8) is 0 Å². The Labute approximate surface area is 137 Å². The molecule has 6 nitrogen and oxygen atoms in total. The molecule has 130 valence electrons. The van der Waals surface area contributed by atoms with Crippen molar-refractivity contribution >= 4 is 17.8 Å². The Morgan fingerprint density at radius 2 is 1.96 bits per heavy atom. The fraction of sp³-hybridized carbons (Fsp3) is 0.824. The lowest BCUT2D eigenvalue weighted by atomic mass is 9.89. The van der Waals surface area contributed by atoms with E-state index in [4.69, 9.17) is 0 Å². The van der Waals surface area contributed by atoms with Gasteiger partial charge >= 0.3 is 5.97 Å². The highest BCUT2D eigenvalue weighted by molar-refractivity contribution is 5.82. The van der Waals surface area contributed by atoms with Crippen LogP contribution in [0.2, 0.25) is 0 Å². The second kappa shape index (κ2) is 8.89. The minimum Gasteiger partial charge on any atom is -0.469 e. The normalized spacial score (nSPS) is 22.2. The minimum absolute atomic E-state index is 0.0864. The molecule has 0 aromatic heterocycles. The topological polar surface area (TPSA) is 75.7 Å². The van der Waals surface area contributed by atoms with E-state index < -0.39 is 0 Å². The molecule has 1 aliphatic carbocycles. The van der Waals surface area contributed by atoms with Crippen molar-refractivity contribution in [3.05, 3.63) is 0 Å². The summed E-state index contributed by atoms with van der Waals surface area (Å²) in [7, 11) is 1.34. The maximum Gasteiger partial charge on any atom is 0.305 e. The maximum absolute atomic E-state index is 12.1. The maximum atomic E-state index is 12.1. The number of likely N-dealkylation sites (tertiary alicyclic amines) is 1. The van der Waals surface area contributed by atoms with Crippen molar-refractivity contribution in [1.82, 2.24) is 10.2 Å². The van der Waals surface area contributed by atoms with E-state index in [0.29, 0.717) is 31.7 Å². The van der Waals surface area contributed by atoms with Gasteiger partial charge in [0.05, 0.1) is 13.2 Å². The average molecular weight is 324 g/mol. The lowest BCUT2D eigenvalue weighted by Gasteiger charge is -2.27. The van der Waals surface area contributed by atoms with Gasteiger partial charge in [0.25, 0.3) is 0 Å². The van der Waals surface area contributed by atoms with Crippen molar-refractivity contribution in [2.24, 2.45) is 5.92 Å². The van der Waals surface area contributed by atoms with E-state index in [1.165, 1.54) is 39.2 Å². The van der Waals surface area contributed by atoms with Crippen LogP contribution >= 0.6 is 0 Å². The van der Waals surface area contributed by atoms with Gasteiger partial charge in [0.15, 0.2) is 0 Å². The number of carbonyl (C=O) groups is 3. The molecule has 1 N–H and O–H groups in total. The summed E-state index contributed by atoms with van der Waals surface area (Å²) < 4.78 is 4.54. The van der Waals surface area contributed by atoms with Gasteiger partial charge in [-0.3, -0.25) is 14.4 Å². The Balaban J connectivity index is 1.67. The molecular formula is C17H28N2O4. The second-order valence-corrected chi connectivity index (χ2v) is 6.70. The number of hydrogen-bond acceptors (Lipinski definition) is 4. The van der Waals surface area contributed by atoms with E-state index >= 15 is 0 Å². The summed E-state index contributed by atoms with van der Waals surface area (Å²) in [6, 6.07) is -0.0864. The standard InChI is InChI=1S/C17H28N2O4/c1-23-17(22)9-5-8-15(20)18-14-10-16(21)19(12-14)11-13-6-3-2-4-7-13/h13-14H,2-12H2,1H3,(H,18,20). The molecule has 1 saturated carbocycles. The molecule has 0 bridgehead atoms. The van der Waals surface area contributed by atoms with Crippen LogP contribution in [0.5, 0.6) is 0 Å². The van der Waals surface area contributed by atoms with Gasteiger partial charge in [0.1, 0.15) is 0 Å². The Morgan fingerprint density at radius 1 is 1.22 bits per heavy atom. The number of esters is 1. The van der Waals surface area contributed by atoms with Gasteiger partial charge in [-0.25, -0.2) is 0 Å². The SMILES string of the molecule is COC(=O)CCCC(=O)NC1CC(=O)N(CC2CCCCC2)C1. The predicted octanol–water partition coefficient (Wildman–Crippen LogP) is 1.63. The lowest BCUT2D eigenvalue weighted by Crippen LogP contribution is -2.38. The zero-order valence-corrected chi connectivity index (χ0v) is 14.0. The molecule has 0 aromatic carbocycles. The quantitative estimate of drug-likeness (QED) is 0.722. The largest absolute Gasteiger partial charge is 0.469 e. The van der Waals surface area contributed by atoms with Gasteiger partial charge in [0, 0.05) is 32.4 Å². The molecule has 2 aliphatic rings. The number of methoxy groups -OCH3 is 1. The molecule has 0 spiro atoms. The molecule has 1 atom stereocenters. The molecule has 2 amide bonds. The summed E-state index contributed by atoms with van der Waals surface area (Å²) in [5, 5.41) is 2.91. The molecule has 1 heterocycles. The van der Waals surface area contributed by atoms with Crippen molar-refractivity contribution in [3.8, 4) is 0 Å². The zero-order valence-electron chi connectivity index (χ0n) is 14.0. The summed E-state index contributed by atoms with van der Waals surface area (Å²) in [4.78, 5) is 36.9. The number of ether oxygens (including phenoxy) is 1. The first-order valence-corrected chi connectivity index (χ1v) is 8.72. The van der Waals surface area contributed by atoms with Crippen LogP contribution in [0, 0.1) is 5.92 Å². The van der Waals surface area contributed by atoms with Crippen molar-refractivity contribution in [1.29, 1.82) is 0 Å². The third-order valence-corrected chi connectivity index (χ3v) is 4.80. The average Bonchev–Trinajstić information content (AvgIpc) is 2.87. The highest BCUT2D eigenvalue weighted by atomic mass is 16.5. The van der Waals surface area contributed by atoms with E-state index in [1.807, 2.05) is 4.90 Å². The van der Waals surface area contributed by atoms with Crippen LogP contribution in [0.15, 0.2) is 0 Å². The van der Waals surface area contributed by atoms with Crippen LogP contribution in [0.25, 0.3) is 0 Å². The molecule has 1 unspecified atom stereocenters. The number of amides is 2. The van der Waals surface area contributed by atoms with Crippen molar-refractivity contribution < 1.29 is 19.1 Å². The van der Waals surface area contributed by atoms with Crippen LogP contribution in [-0.4, -0.2) is 48.9 Å². The number of nitrogens with zero attached hydrogens (tertiary/aromatic N) is 1. The van der Waals surface area contributed by atoms with Gasteiger partial charge in [-0.05, 0) is 25.2 Å². The fourth-order valence-corrected chi connectivity index (χ4v) is 3.52. The number of carbonyl (C=O) groups excluding carboxylic acids is 3. The third-order valence-electron chi connectivity index (χ3n) is 4.80. The van der Waals surface area contributed by atoms with E-state index in [2.05, 4.69) is 10.1 Å². The minimum atomic E-state index is -0.299. The summed E-state index contributed by atoms with van der Waals surface area (Å²) in [5.74, 6) is 0.386. The molecule has 2 rings (SSSR count). The number of rotatable bonds is 7. The summed E-state index contributed by atoms with van der Waals surface area (Å²) in [6.45, 7) is 1.46. The number of hydrogen-bond donors (Lipinski definition) is 1. The highest BCUT2D eigenvalue weighted by Gasteiger charge is 2.32. The molecule has 0 radical (unpaired) electrons. The van der Waals surface area contributed by atoms with E-state index in [1.54, 1.807) is 0 Å². The molecular weight excluding hydrogens is 296 g/mol. The second-order valence-electron chi connectivity index (χ2n) is 6.70. The van der Waals surface area contributed by atoms with Gasteiger partial charge in [-0.1, -0.05) is 19.3 Å². The first-order chi connectivity index (χ1) is 11.1. The summed E-state index contributed by atoms with van der Waals surface area (Å²) in [5.41, 5.74) is 0. The molecule has 6 heteroatoms. The van der Waals surface area contributed by atoms with Gasteiger partial charge in [-0.2, -0.15) is 0 Å². The third kappa shape index (κ3) is 5.84. The van der Waals surface area contributed by atoms with Crippen LogP contribution in [0.3, 0.4) is 0 Å². The van der Waals surface area contributed by atoms with E-state index in [-0.39, 0.29) is 30.2 Å².